The first-order valence-electron chi connectivity index (χ1n) is 8.46. The number of thiocarbonyl (C=S) groups is 1. The minimum Gasteiger partial charge on any atom is -0.484 e. The van der Waals surface area contributed by atoms with Gasteiger partial charge < -0.3 is 15.4 Å². The van der Waals surface area contributed by atoms with Crippen molar-refractivity contribution in [1.82, 2.24) is 5.32 Å². The van der Waals surface area contributed by atoms with Gasteiger partial charge in [0.15, 0.2) is 11.7 Å². The molecule has 2 aromatic carbocycles. The summed E-state index contributed by atoms with van der Waals surface area (Å²) < 4.78 is 6.31. The molecule has 0 bridgehead atoms. The van der Waals surface area contributed by atoms with E-state index in [-0.39, 0.29) is 17.6 Å². The van der Waals surface area contributed by atoms with E-state index in [4.69, 9.17) is 28.6 Å². The van der Waals surface area contributed by atoms with Gasteiger partial charge in [-0.1, -0.05) is 34.5 Å². The Kier molecular flexibility index (Phi) is 8.69. The molecule has 9 heteroatoms. The summed E-state index contributed by atoms with van der Waals surface area (Å²) in [6.07, 6.45) is 1.18. The smallest absolute Gasteiger partial charge is 0.264 e. The monoisotopic (exact) mass is 483 g/mol. The second-order valence-electron chi connectivity index (χ2n) is 5.74. The summed E-state index contributed by atoms with van der Waals surface area (Å²) in [6.45, 7) is 1.74. The van der Waals surface area contributed by atoms with Crippen LogP contribution in [0.2, 0.25) is 5.02 Å². The van der Waals surface area contributed by atoms with Gasteiger partial charge in [-0.05, 0) is 61.1 Å². The molecule has 0 aliphatic rings. The lowest BCUT2D eigenvalue weighted by molar-refractivity contribution is -0.121. The van der Waals surface area contributed by atoms with Crippen molar-refractivity contribution >= 4 is 68.1 Å². The number of benzene rings is 2. The number of hydrogen-bond donors (Lipinski definition) is 3. The lowest BCUT2D eigenvalue weighted by atomic mass is 10.2. The molecule has 148 valence electrons. The van der Waals surface area contributed by atoms with Gasteiger partial charge >= 0.3 is 0 Å². The predicted molar refractivity (Wildman–Crippen MR) is 119 cm³/mol. The first-order chi connectivity index (χ1) is 13.4. The minimum absolute atomic E-state index is 0.0725. The Balaban J connectivity index is 1.88. The number of hydrogen-bond acceptors (Lipinski definition) is 4. The summed E-state index contributed by atoms with van der Waals surface area (Å²) in [7, 11) is 0. The molecule has 0 saturated carbocycles. The zero-order valence-electron chi connectivity index (χ0n) is 15.1. The van der Waals surface area contributed by atoms with Crippen LogP contribution in [0.1, 0.15) is 19.8 Å². The summed E-state index contributed by atoms with van der Waals surface area (Å²) in [6, 6.07) is 12.1. The van der Waals surface area contributed by atoms with Crippen LogP contribution in [0.25, 0.3) is 0 Å². The second kappa shape index (κ2) is 11.0. The van der Waals surface area contributed by atoms with Gasteiger partial charge in [-0.2, -0.15) is 0 Å². The van der Waals surface area contributed by atoms with Gasteiger partial charge in [0, 0.05) is 16.6 Å². The number of amides is 2. The van der Waals surface area contributed by atoms with E-state index < -0.39 is 5.91 Å². The van der Waals surface area contributed by atoms with E-state index in [1.54, 1.807) is 30.3 Å². The largest absolute Gasteiger partial charge is 0.484 e. The first-order valence-corrected chi connectivity index (χ1v) is 10.0. The van der Waals surface area contributed by atoms with Crippen molar-refractivity contribution in [1.29, 1.82) is 0 Å². The molecule has 0 spiro atoms. The molecule has 0 fully saturated rings. The first kappa shape index (κ1) is 22.1. The van der Waals surface area contributed by atoms with Gasteiger partial charge in [-0.3, -0.25) is 14.9 Å². The predicted octanol–water partition coefficient (Wildman–Crippen LogP) is 4.73. The molecule has 2 amide bonds. The summed E-state index contributed by atoms with van der Waals surface area (Å²) in [4.78, 5) is 23.7. The molecule has 0 heterocycles. The van der Waals surface area contributed by atoms with Crippen LogP contribution in [0.15, 0.2) is 46.9 Å². The Bertz CT molecular complexity index is 862. The SMILES string of the molecule is CCCC(=O)Nc1ccc(Cl)c(NC(=S)NC(=O)COc2ccc(Br)cc2)c1. The Labute approximate surface area is 182 Å². The number of nitrogens with one attached hydrogen (secondary N) is 3. The molecule has 0 atom stereocenters. The molecule has 0 aromatic heterocycles. The van der Waals surface area contributed by atoms with Crippen molar-refractivity contribution in [2.24, 2.45) is 0 Å². The maximum Gasteiger partial charge on any atom is 0.264 e. The van der Waals surface area contributed by atoms with Crippen molar-refractivity contribution in [3.8, 4) is 5.75 Å². The van der Waals surface area contributed by atoms with E-state index in [1.165, 1.54) is 0 Å². The van der Waals surface area contributed by atoms with E-state index >= 15 is 0 Å². The zero-order valence-corrected chi connectivity index (χ0v) is 18.2. The average molecular weight is 485 g/mol. The van der Waals surface area contributed by atoms with Crippen molar-refractivity contribution in [3.63, 3.8) is 0 Å². The van der Waals surface area contributed by atoms with Crippen LogP contribution >= 0.6 is 39.7 Å². The highest BCUT2D eigenvalue weighted by atomic mass is 79.9. The fourth-order valence-corrected chi connectivity index (χ4v) is 2.80. The number of ether oxygens (including phenoxy) is 1. The lowest BCUT2D eigenvalue weighted by Gasteiger charge is -2.13. The normalized spacial score (nSPS) is 10.1. The second-order valence-corrected chi connectivity index (χ2v) is 7.47. The number of rotatable bonds is 7. The summed E-state index contributed by atoms with van der Waals surface area (Å²) in [5.74, 6) is 0.0662. The van der Waals surface area contributed by atoms with Crippen LogP contribution in [0.5, 0.6) is 5.75 Å². The Morgan fingerprint density at radius 2 is 1.82 bits per heavy atom. The van der Waals surface area contributed by atoms with Crippen LogP contribution < -0.4 is 20.7 Å². The topological polar surface area (TPSA) is 79.5 Å². The van der Waals surface area contributed by atoms with Crippen LogP contribution in [-0.4, -0.2) is 23.5 Å². The Morgan fingerprint density at radius 3 is 2.50 bits per heavy atom. The third-order valence-electron chi connectivity index (χ3n) is 3.41. The van der Waals surface area contributed by atoms with Gasteiger partial charge in [0.25, 0.3) is 5.91 Å². The summed E-state index contributed by atoms with van der Waals surface area (Å²) >= 11 is 14.6. The number of halogens is 2. The molecule has 0 aliphatic heterocycles. The molecule has 0 unspecified atom stereocenters. The van der Waals surface area contributed by atoms with E-state index in [9.17, 15) is 9.59 Å². The van der Waals surface area contributed by atoms with Crippen LogP contribution in [0, 0.1) is 0 Å². The van der Waals surface area contributed by atoms with Gasteiger partial charge in [0.05, 0.1) is 10.7 Å². The minimum atomic E-state index is -0.413. The fourth-order valence-electron chi connectivity index (χ4n) is 2.15. The molecule has 28 heavy (non-hydrogen) atoms. The third-order valence-corrected chi connectivity index (χ3v) is 4.47. The standard InChI is InChI=1S/C19H19BrClN3O3S/c1-2-3-17(25)22-13-6-9-15(21)16(10-13)23-19(28)24-18(26)11-27-14-7-4-12(20)5-8-14/h4-10H,2-3,11H2,1H3,(H,22,25)(H2,23,24,26,28). The van der Waals surface area contributed by atoms with Gasteiger partial charge in [-0.15, -0.1) is 0 Å². The maximum atomic E-state index is 12.0. The lowest BCUT2D eigenvalue weighted by Crippen LogP contribution is -2.37. The summed E-state index contributed by atoms with van der Waals surface area (Å²) in [5, 5.41) is 8.61. The van der Waals surface area contributed by atoms with Gasteiger partial charge in [0.1, 0.15) is 5.75 Å². The fraction of sp³-hybridized carbons (Fsp3) is 0.211. The Hall–Kier alpha value is -2.16. The van der Waals surface area contributed by atoms with E-state index in [1.807, 2.05) is 19.1 Å². The van der Waals surface area contributed by atoms with E-state index in [2.05, 4.69) is 31.9 Å². The molecule has 0 aliphatic carbocycles. The number of carbonyl (C=O) groups excluding carboxylic acids is 2. The molecule has 2 rings (SSSR count). The van der Waals surface area contributed by atoms with E-state index in [0.29, 0.717) is 28.6 Å². The molecular formula is C19H19BrClN3O3S. The highest BCUT2D eigenvalue weighted by Gasteiger charge is 2.10. The molecule has 3 N–H and O–H groups in total. The molecular weight excluding hydrogens is 466 g/mol. The van der Waals surface area contributed by atoms with Crippen molar-refractivity contribution < 1.29 is 14.3 Å². The average Bonchev–Trinajstić information content (AvgIpc) is 2.64. The zero-order chi connectivity index (χ0) is 20.5. The van der Waals surface area contributed by atoms with Crippen molar-refractivity contribution in [2.75, 3.05) is 17.2 Å². The quantitative estimate of drug-likeness (QED) is 0.495. The summed E-state index contributed by atoms with van der Waals surface area (Å²) in [5.41, 5.74) is 1.05. The highest BCUT2D eigenvalue weighted by molar-refractivity contribution is 9.10. The third kappa shape index (κ3) is 7.46. The van der Waals surface area contributed by atoms with E-state index in [0.717, 1.165) is 10.9 Å². The molecule has 0 saturated heterocycles. The van der Waals surface area contributed by atoms with Crippen molar-refractivity contribution in [3.05, 3.63) is 52.0 Å². The van der Waals surface area contributed by atoms with Crippen LogP contribution in [-0.2, 0) is 9.59 Å². The van der Waals surface area contributed by atoms with Crippen LogP contribution in [0.3, 0.4) is 0 Å². The maximum absolute atomic E-state index is 12.0. The van der Waals surface area contributed by atoms with Gasteiger partial charge in [-0.25, -0.2) is 0 Å². The van der Waals surface area contributed by atoms with Crippen molar-refractivity contribution in [2.45, 2.75) is 19.8 Å². The molecule has 0 radical (unpaired) electrons. The number of anilines is 2. The molecule has 2 aromatic rings. The van der Waals surface area contributed by atoms with Gasteiger partial charge in [0.2, 0.25) is 5.91 Å². The number of carbonyl (C=O) groups is 2. The molecule has 6 nitrogen and oxygen atoms in total. The highest BCUT2D eigenvalue weighted by Crippen LogP contribution is 2.25. The van der Waals surface area contributed by atoms with Crippen LogP contribution in [0.4, 0.5) is 11.4 Å². The Morgan fingerprint density at radius 1 is 1.11 bits per heavy atom.